The van der Waals surface area contributed by atoms with E-state index in [-0.39, 0.29) is 38.2 Å². The zero-order chi connectivity index (χ0) is 30.9. The largest absolute Gasteiger partial charge is 0.547 e. The molecule has 0 aromatic heterocycles. The van der Waals surface area contributed by atoms with E-state index < -0.39 is 88.9 Å². The summed E-state index contributed by atoms with van der Waals surface area (Å²) in [6.45, 7) is -0.358. The van der Waals surface area contributed by atoms with Crippen LogP contribution in [0, 0.1) is 17.5 Å². The zero-order valence-electron chi connectivity index (χ0n) is 21.5. The van der Waals surface area contributed by atoms with Gasteiger partial charge in [0.15, 0.2) is 0 Å². The monoisotopic (exact) mass is 593 g/mol. The molecule has 2 atom stereocenters. The standard InChI is InChI=1S/C24H23BF3N5O9/c26-12-2-1-10-7-15(25(41)42-19(10)17(12)23(38)39)30-20(35)18(16-13(27)8-11(34)9-14(16)28)31-24(40)33-6-5-32(4-3-29)21(36)22(33)37/h1-2,8-9,15,18,34,41H,3-7,29H2,(H,30,35)(H,31,40)(H,38,39). The molecule has 4 rings (SSSR count). The Morgan fingerprint density at radius 2 is 1.76 bits per heavy atom. The molecule has 2 aromatic rings. The molecule has 1 saturated heterocycles. The number of hydrogen-bond donors (Lipinski definition) is 6. The number of carboxylic acids is 1. The van der Waals surface area contributed by atoms with Gasteiger partial charge in [0.25, 0.3) is 0 Å². The van der Waals surface area contributed by atoms with Crippen molar-refractivity contribution in [2.24, 2.45) is 5.73 Å². The number of phenolic OH excluding ortho intramolecular Hbond substituents is 1. The van der Waals surface area contributed by atoms with Crippen LogP contribution in [-0.2, 0) is 20.8 Å². The fourth-order valence-corrected chi connectivity index (χ4v) is 4.58. The van der Waals surface area contributed by atoms with E-state index in [1.54, 1.807) is 0 Å². The lowest BCUT2D eigenvalue weighted by Crippen LogP contribution is -2.60. The first-order valence-corrected chi connectivity index (χ1v) is 12.3. The number of piperazine rings is 1. The minimum Gasteiger partial charge on any atom is -0.534 e. The highest BCUT2D eigenvalue weighted by molar-refractivity contribution is 6.47. The van der Waals surface area contributed by atoms with Gasteiger partial charge in [-0.1, -0.05) is 6.07 Å². The third kappa shape index (κ3) is 5.79. The fraction of sp³-hybridized carbons (Fsp3) is 0.292. The number of nitrogens with two attached hydrogens (primary N) is 1. The highest BCUT2D eigenvalue weighted by atomic mass is 19.1. The smallest absolute Gasteiger partial charge is 0.534 e. The summed E-state index contributed by atoms with van der Waals surface area (Å²) >= 11 is 0. The van der Waals surface area contributed by atoms with E-state index in [9.17, 15) is 52.4 Å². The Hall–Kier alpha value is -4.84. The number of carboxylic acid groups (broad SMARTS) is 1. The number of fused-ring (bicyclic) bond motifs is 1. The summed E-state index contributed by atoms with van der Waals surface area (Å²) in [7, 11) is -1.97. The number of aromatic hydroxyl groups is 1. The third-order valence-corrected chi connectivity index (χ3v) is 6.59. The summed E-state index contributed by atoms with van der Waals surface area (Å²) in [5.41, 5.74) is 3.55. The highest BCUT2D eigenvalue weighted by Crippen LogP contribution is 2.33. The molecule has 7 N–H and O–H groups in total. The summed E-state index contributed by atoms with van der Waals surface area (Å²) < 4.78 is 48.9. The van der Waals surface area contributed by atoms with Gasteiger partial charge in [-0.3, -0.25) is 19.3 Å². The molecule has 2 aliphatic rings. The number of hydrogen-bond acceptors (Lipinski definition) is 9. The summed E-state index contributed by atoms with van der Waals surface area (Å²) in [4.78, 5) is 64.2. The molecule has 18 heteroatoms. The highest BCUT2D eigenvalue weighted by Gasteiger charge is 2.42. The first-order chi connectivity index (χ1) is 19.8. The van der Waals surface area contributed by atoms with Crippen molar-refractivity contribution in [3.05, 3.63) is 58.4 Å². The lowest BCUT2D eigenvalue weighted by molar-refractivity contribution is -0.153. The molecule has 2 unspecified atom stereocenters. The molecule has 222 valence electrons. The number of rotatable bonds is 7. The Morgan fingerprint density at radius 3 is 2.38 bits per heavy atom. The van der Waals surface area contributed by atoms with Gasteiger partial charge in [0.2, 0.25) is 5.91 Å². The Balaban J connectivity index is 1.61. The molecule has 42 heavy (non-hydrogen) atoms. The molecular formula is C24H23BF3N5O9. The number of urea groups is 1. The van der Waals surface area contributed by atoms with Gasteiger partial charge in [0.1, 0.15) is 40.6 Å². The molecular weight excluding hydrogens is 570 g/mol. The predicted octanol–water partition coefficient (Wildman–Crippen LogP) is -0.972. The topological polar surface area (TPSA) is 212 Å². The Labute approximate surface area is 235 Å². The van der Waals surface area contributed by atoms with Gasteiger partial charge in [-0.15, -0.1) is 0 Å². The van der Waals surface area contributed by atoms with Crippen LogP contribution >= 0.6 is 0 Å². The van der Waals surface area contributed by atoms with Gasteiger partial charge in [0.05, 0.1) is 11.5 Å². The molecule has 14 nitrogen and oxygen atoms in total. The molecule has 1 fully saturated rings. The molecule has 0 aliphatic carbocycles. The van der Waals surface area contributed by atoms with Gasteiger partial charge in [-0.25, -0.2) is 22.8 Å². The second-order valence-electron chi connectivity index (χ2n) is 9.29. The van der Waals surface area contributed by atoms with Crippen molar-refractivity contribution in [2.75, 3.05) is 26.2 Å². The van der Waals surface area contributed by atoms with Crippen molar-refractivity contribution >= 4 is 36.8 Å². The summed E-state index contributed by atoms with van der Waals surface area (Å²) in [5, 5.41) is 33.5. The van der Waals surface area contributed by atoms with Crippen molar-refractivity contribution in [1.29, 1.82) is 0 Å². The van der Waals surface area contributed by atoms with Crippen LogP contribution in [-0.4, -0.2) is 94.0 Å². The molecule has 5 amide bonds. The van der Waals surface area contributed by atoms with Gasteiger partial charge >= 0.3 is 30.9 Å². The number of aromatic carboxylic acids is 1. The fourth-order valence-electron chi connectivity index (χ4n) is 4.58. The SMILES string of the molecule is NCCN1CCN(C(=O)NC(C(=O)NC2Cc3ccc(F)c(C(=O)O)c3OB2O)c2c(F)cc(O)cc2F)C(=O)C1=O. The molecule has 0 bridgehead atoms. The Kier molecular flexibility index (Phi) is 8.58. The van der Waals surface area contributed by atoms with Gasteiger partial charge in [0, 0.05) is 38.3 Å². The van der Waals surface area contributed by atoms with Crippen molar-refractivity contribution < 1.29 is 57.0 Å². The second kappa shape index (κ2) is 12.0. The number of carbonyl (C=O) groups is 5. The van der Waals surface area contributed by atoms with Gasteiger partial charge < -0.3 is 41.2 Å². The van der Waals surface area contributed by atoms with Crippen LogP contribution < -0.4 is 21.0 Å². The number of imide groups is 1. The normalized spacial score (nSPS) is 17.4. The summed E-state index contributed by atoms with van der Waals surface area (Å²) in [6, 6.07) is -0.685. The first kappa shape index (κ1) is 30.1. The maximum atomic E-state index is 14.8. The maximum Gasteiger partial charge on any atom is 0.547 e. The van der Waals surface area contributed by atoms with Crippen molar-refractivity contribution in [1.82, 2.24) is 20.4 Å². The minimum atomic E-state index is -2.22. The van der Waals surface area contributed by atoms with E-state index in [2.05, 4.69) is 5.32 Å². The predicted molar refractivity (Wildman–Crippen MR) is 134 cm³/mol. The number of benzene rings is 2. The Bertz CT molecular complexity index is 1460. The van der Waals surface area contributed by atoms with Crippen LogP contribution in [0.3, 0.4) is 0 Å². The van der Waals surface area contributed by atoms with Crippen LogP contribution in [0.15, 0.2) is 24.3 Å². The van der Waals surface area contributed by atoms with Gasteiger partial charge in [-0.2, -0.15) is 0 Å². The number of amides is 5. The van der Waals surface area contributed by atoms with Crippen molar-refractivity contribution in [3.63, 3.8) is 0 Å². The molecule has 0 saturated carbocycles. The van der Waals surface area contributed by atoms with Crippen molar-refractivity contribution in [3.8, 4) is 11.5 Å². The van der Waals surface area contributed by atoms with E-state index in [0.717, 1.165) is 17.0 Å². The van der Waals surface area contributed by atoms with Crippen LogP contribution in [0.2, 0.25) is 0 Å². The molecule has 2 aliphatic heterocycles. The number of nitrogens with zero attached hydrogens (tertiary/aromatic N) is 2. The average Bonchev–Trinajstić information content (AvgIpc) is 2.90. The van der Waals surface area contributed by atoms with E-state index >= 15 is 0 Å². The number of nitrogens with one attached hydrogen (secondary N) is 2. The lowest BCUT2D eigenvalue weighted by atomic mass is 9.72. The number of phenols is 1. The van der Waals surface area contributed by atoms with E-state index in [0.29, 0.717) is 17.0 Å². The zero-order valence-corrected chi connectivity index (χ0v) is 21.5. The molecule has 0 radical (unpaired) electrons. The van der Waals surface area contributed by atoms with E-state index in [1.165, 1.54) is 0 Å². The maximum absolute atomic E-state index is 14.8. The molecule has 2 heterocycles. The number of halogens is 3. The van der Waals surface area contributed by atoms with Crippen LogP contribution in [0.1, 0.15) is 27.5 Å². The average molecular weight is 593 g/mol. The second-order valence-corrected chi connectivity index (χ2v) is 9.29. The minimum absolute atomic E-state index is 0.0323. The van der Waals surface area contributed by atoms with Gasteiger partial charge in [-0.05, 0) is 18.1 Å². The first-order valence-electron chi connectivity index (χ1n) is 12.3. The van der Waals surface area contributed by atoms with Crippen LogP contribution in [0.25, 0.3) is 0 Å². The van der Waals surface area contributed by atoms with E-state index in [1.807, 2.05) is 5.32 Å². The quantitative estimate of drug-likeness (QED) is 0.171. The lowest BCUT2D eigenvalue weighted by Gasteiger charge is -2.33. The summed E-state index contributed by atoms with van der Waals surface area (Å²) in [6.07, 6.45) is -0.333. The van der Waals surface area contributed by atoms with Crippen LogP contribution in [0.4, 0.5) is 18.0 Å². The Morgan fingerprint density at radius 1 is 1.10 bits per heavy atom. The van der Waals surface area contributed by atoms with Crippen LogP contribution in [0.5, 0.6) is 11.5 Å². The molecule has 2 aromatic carbocycles. The summed E-state index contributed by atoms with van der Waals surface area (Å²) in [5.74, 6) is -12.2. The van der Waals surface area contributed by atoms with E-state index in [4.69, 9.17) is 10.4 Å². The van der Waals surface area contributed by atoms with Crippen molar-refractivity contribution in [2.45, 2.75) is 18.4 Å². The third-order valence-electron chi connectivity index (χ3n) is 6.59. The molecule has 0 spiro atoms. The number of carbonyl (C=O) groups excluding carboxylic acids is 4.